The number of carbonyl (C=O) groups excluding carboxylic acids is 1. The molecule has 2 N–H and O–H groups in total. The van der Waals surface area contributed by atoms with Gasteiger partial charge in [-0.2, -0.15) is 0 Å². The molecule has 0 saturated heterocycles. The van der Waals surface area contributed by atoms with E-state index >= 15 is 0 Å². The molecule has 0 unspecified atom stereocenters. The molecule has 0 bridgehead atoms. The Bertz CT molecular complexity index is 1160. The summed E-state index contributed by atoms with van der Waals surface area (Å²) in [6.07, 6.45) is 0.946. The largest absolute Gasteiger partial charge is 0.502 e. The minimum Gasteiger partial charge on any atom is -0.502 e. The minimum atomic E-state index is -0.521. The van der Waals surface area contributed by atoms with E-state index in [1.165, 1.54) is 24.1 Å². The van der Waals surface area contributed by atoms with Crippen molar-refractivity contribution in [1.82, 2.24) is 9.88 Å². The van der Waals surface area contributed by atoms with Crippen molar-refractivity contribution in [1.29, 1.82) is 0 Å². The van der Waals surface area contributed by atoms with Gasteiger partial charge in [-0.1, -0.05) is 32.0 Å². The number of hydrogen-bond acceptors (Lipinski definition) is 5. The number of aromatic nitrogens is 1. The van der Waals surface area contributed by atoms with E-state index in [1.54, 1.807) is 0 Å². The SMILES string of the molecule is COCc1cc(=O)c(O)c([C@@H](CC(=O)N2CCc3c([nH]c4ccccc34)C2)C(C)C)o1. The first-order valence-corrected chi connectivity index (χ1v) is 10.6. The zero-order valence-electron chi connectivity index (χ0n) is 18.1. The molecule has 7 heteroatoms. The predicted octanol–water partition coefficient (Wildman–Crippen LogP) is 3.69. The number of hydrogen-bond donors (Lipinski definition) is 2. The summed E-state index contributed by atoms with van der Waals surface area (Å²) in [6.45, 7) is 5.18. The lowest BCUT2D eigenvalue weighted by Gasteiger charge is -2.29. The van der Waals surface area contributed by atoms with Gasteiger partial charge in [-0.25, -0.2) is 0 Å². The molecule has 3 aromatic rings. The van der Waals surface area contributed by atoms with Crippen LogP contribution in [0.25, 0.3) is 10.9 Å². The number of carbonyl (C=O) groups is 1. The fraction of sp³-hybridized carbons (Fsp3) is 0.417. The normalized spacial score (nSPS) is 14.8. The standard InChI is InChI=1S/C24H28N2O5/c1-14(2)18(24-23(29)21(27)10-15(31-24)13-30-3)11-22(28)26-9-8-17-16-6-4-5-7-19(16)25-20(17)12-26/h4-7,10,14,18,25,29H,8-9,11-13H2,1-3H3/t18-/m0/s1. The minimum absolute atomic E-state index is 0.00998. The lowest BCUT2D eigenvalue weighted by Crippen LogP contribution is -2.37. The van der Waals surface area contributed by atoms with Gasteiger partial charge in [-0.15, -0.1) is 0 Å². The van der Waals surface area contributed by atoms with Gasteiger partial charge in [0, 0.05) is 48.7 Å². The molecule has 0 radical (unpaired) electrons. The van der Waals surface area contributed by atoms with Crippen LogP contribution in [0.5, 0.6) is 5.75 Å². The monoisotopic (exact) mass is 424 g/mol. The van der Waals surface area contributed by atoms with E-state index in [1.807, 2.05) is 36.9 Å². The number of fused-ring (bicyclic) bond motifs is 3. The van der Waals surface area contributed by atoms with Crippen LogP contribution in [0.3, 0.4) is 0 Å². The highest BCUT2D eigenvalue weighted by atomic mass is 16.5. The summed E-state index contributed by atoms with van der Waals surface area (Å²) in [5.41, 5.74) is 2.91. The fourth-order valence-electron chi connectivity index (χ4n) is 4.37. The zero-order chi connectivity index (χ0) is 22.1. The Morgan fingerprint density at radius 3 is 2.84 bits per heavy atom. The second-order valence-corrected chi connectivity index (χ2v) is 8.47. The number of aromatic hydroxyl groups is 1. The van der Waals surface area contributed by atoms with Crippen LogP contribution in [0.2, 0.25) is 0 Å². The first-order valence-electron chi connectivity index (χ1n) is 10.6. The third kappa shape index (κ3) is 4.10. The van der Waals surface area contributed by atoms with E-state index in [4.69, 9.17) is 9.15 Å². The fourth-order valence-corrected chi connectivity index (χ4v) is 4.37. The molecule has 2 aromatic heterocycles. The number of benzene rings is 1. The summed E-state index contributed by atoms with van der Waals surface area (Å²) in [5.74, 6) is -0.388. The highest BCUT2D eigenvalue weighted by Crippen LogP contribution is 2.35. The van der Waals surface area contributed by atoms with Crippen molar-refractivity contribution in [3.8, 4) is 5.75 Å². The topological polar surface area (TPSA) is 95.8 Å². The number of aromatic amines is 1. The molecule has 3 heterocycles. The smallest absolute Gasteiger partial charge is 0.227 e. The Labute approximate surface area is 180 Å². The number of rotatable bonds is 6. The molecular weight excluding hydrogens is 396 g/mol. The van der Waals surface area contributed by atoms with Gasteiger partial charge in [0.2, 0.25) is 17.1 Å². The summed E-state index contributed by atoms with van der Waals surface area (Å²) >= 11 is 0. The molecule has 7 nitrogen and oxygen atoms in total. The molecule has 0 fully saturated rings. The Morgan fingerprint density at radius 2 is 2.10 bits per heavy atom. The van der Waals surface area contributed by atoms with Gasteiger partial charge in [-0.05, 0) is 24.0 Å². The summed E-state index contributed by atoms with van der Waals surface area (Å²) in [7, 11) is 1.50. The van der Waals surface area contributed by atoms with Crippen LogP contribution in [0, 0.1) is 5.92 Å². The van der Waals surface area contributed by atoms with E-state index in [0.717, 1.165) is 17.6 Å². The molecule has 31 heavy (non-hydrogen) atoms. The second-order valence-electron chi connectivity index (χ2n) is 8.47. The van der Waals surface area contributed by atoms with Crippen molar-refractivity contribution in [2.45, 2.75) is 45.8 Å². The van der Waals surface area contributed by atoms with Crippen molar-refractivity contribution < 1.29 is 19.1 Å². The molecule has 0 aliphatic carbocycles. The zero-order valence-corrected chi connectivity index (χ0v) is 18.1. The van der Waals surface area contributed by atoms with Crippen LogP contribution in [0.4, 0.5) is 0 Å². The average Bonchev–Trinajstić information content (AvgIpc) is 3.12. The van der Waals surface area contributed by atoms with Gasteiger partial charge in [0.1, 0.15) is 12.4 Å². The van der Waals surface area contributed by atoms with Crippen LogP contribution in [-0.4, -0.2) is 34.6 Å². The molecule has 4 rings (SSSR count). The number of ether oxygens (including phenoxy) is 1. The van der Waals surface area contributed by atoms with Crippen molar-refractivity contribution >= 4 is 16.8 Å². The number of para-hydroxylation sites is 1. The van der Waals surface area contributed by atoms with E-state index in [-0.39, 0.29) is 30.6 Å². The third-order valence-corrected chi connectivity index (χ3v) is 6.06. The van der Waals surface area contributed by atoms with Crippen molar-refractivity contribution in [3.05, 3.63) is 63.3 Å². The number of amides is 1. The number of nitrogens with one attached hydrogen (secondary N) is 1. The average molecular weight is 424 g/mol. The maximum atomic E-state index is 13.2. The van der Waals surface area contributed by atoms with Crippen LogP contribution in [-0.2, 0) is 29.1 Å². The van der Waals surface area contributed by atoms with Gasteiger partial charge in [0.05, 0.1) is 6.54 Å². The molecule has 1 aliphatic rings. The summed E-state index contributed by atoms with van der Waals surface area (Å²) < 4.78 is 10.8. The van der Waals surface area contributed by atoms with Crippen LogP contribution in [0.1, 0.15) is 49.0 Å². The molecule has 0 saturated carbocycles. The highest BCUT2D eigenvalue weighted by Gasteiger charge is 2.31. The third-order valence-electron chi connectivity index (χ3n) is 6.06. The van der Waals surface area contributed by atoms with Crippen molar-refractivity contribution in [2.75, 3.05) is 13.7 Å². The Hall–Kier alpha value is -3.06. The van der Waals surface area contributed by atoms with Crippen molar-refractivity contribution in [2.24, 2.45) is 5.92 Å². The van der Waals surface area contributed by atoms with Gasteiger partial charge in [-0.3, -0.25) is 9.59 Å². The first kappa shape index (κ1) is 21.2. The molecule has 0 spiro atoms. The van der Waals surface area contributed by atoms with Crippen LogP contribution in [0.15, 0.2) is 39.5 Å². The number of methoxy groups -OCH3 is 1. The lowest BCUT2D eigenvalue weighted by molar-refractivity contribution is -0.133. The highest BCUT2D eigenvalue weighted by molar-refractivity contribution is 5.85. The molecule has 1 atom stereocenters. The van der Waals surface area contributed by atoms with Crippen LogP contribution >= 0.6 is 0 Å². The maximum Gasteiger partial charge on any atom is 0.227 e. The maximum absolute atomic E-state index is 13.2. The number of nitrogens with zero attached hydrogens (tertiary/aromatic N) is 1. The lowest BCUT2D eigenvalue weighted by atomic mass is 9.88. The number of H-pyrrole nitrogens is 1. The Balaban J connectivity index is 1.57. The van der Waals surface area contributed by atoms with Gasteiger partial charge in [0.15, 0.2) is 5.76 Å². The van der Waals surface area contributed by atoms with E-state index in [0.29, 0.717) is 18.8 Å². The summed E-state index contributed by atoms with van der Waals surface area (Å²) in [5, 5.41) is 11.6. The Morgan fingerprint density at radius 1 is 1.32 bits per heavy atom. The van der Waals surface area contributed by atoms with Gasteiger partial charge >= 0.3 is 0 Å². The molecule has 1 aliphatic heterocycles. The van der Waals surface area contributed by atoms with Gasteiger partial charge in [0.25, 0.3) is 0 Å². The quantitative estimate of drug-likeness (QED) is 0.629. The predicted molar refractivity (Wildman–Crippen MR) is 117 cm³/mol. The van der Waals surface area contributed by atoms with Gasteiger partial charge < -0.3 is 24.1 Å². The molecule has 1 aromatic carbocycles. The van der Waals surface area contributed by atoms with E-state index < -0.39 is 17.1 Å². The van der Waals surface area contributed by atoms with E-state index in [2.05, 4.69) is 11.1 Å². The molecule has 1 amide bonds. The van der Waals surface area contributed by atoms with Crippen molar-refractivity contribution in [3.63, 3.8) is 0 Å². The first-order chi connectivity index (χ1) is 14.9. The summed E-state index contributed by atoms with van der Waals surface area (Å²) in [4.78, 5) is 30.7. The summed E-state index contributed by atoms with van der Waals surface area (Å²) in [6, 6.07) is 9.41. The van der Waals surface area contributed by atoms with E-state index in [9.17, 15) is 14.7 Å². The Kier molecular flexibility index (Phi) is 5.87. The van der Waals surface area contributed by atoms with Crippen LogP contribution < -0.4 is 5.43 Å². The molecular formula is C24H28N2O5. The second kappa shape index (κ2) is 8.59. The molecule has 164 valence electrons.